The average molecular weight is 269 g/mol. The number of hydrogen-bond donors (Lipinski definition) is 0. The van der Waals surface area contributed by atoms with E-state index in [0.717, 1.165) is 6.92 Å². The SMILES string of the molecule is CCc1nc(Cl)c(C)c(OC(C)C(F)(F)F)n1. The van der Waals surface area contributed by atoms with Crippen LogP contribution in [0.1, 0.15) is 25.2 Å². The predicted molar refractivity (Wildman–Crippen MR) is 57.3 cm³/mol. The van der Waals surface area contributed by atoms with E-state index in [-0.39, 0.29) is 11.0 Å². The van der Waals surface area contributed by atoms with Crippen molar-refractivity contribution < 1.29 is 17.9 Å². The third-order valence-electron chi connectivity index (χ3n) is 2.15. The van der Waals surface area contributed by atoms with Gasteiger partial charge in [0.25, 0.3) is 0 Å². The van der Waals surface area contributed by atoms with Crippen molar-refractivity contribution in [3.05, 3.63) is 16.5 Å². The third-order valence-corrected chi connectivity index (χ3v) is 2.52. The molecule has 1 heterocycles. The lowest BCUT2D eigenvalue weighted by atomic mass is 10.3. The fourth-order valence-corrected chi connectivity index (χ4v) is 1.20. The molecule has 0 aliphatic carbocycles. The summed E-state index contributed by atoms with van der Waals surface area (Å²) in [5, 5.41) is 0.112. The molecule has 0 fully saturated rings. The van der Waals surface area contributed by atoms with E-state index in [2.05, 4.69) is 9.97 Å². The fraction of sp³-hybridized carbons (Fsp3) is 0.600. The van der Waals surface area contributed by atoms with Gasteiger partial charge in [-0.1, -0.05) is 18.5 Å². The summed E-state index contributed by atoms with van der Waals surface area (Å²) < 4.78 is 41.8. The molecule has 0 bridgehead atoms. The van der Waals surface area contributed by atoms with Crippen LogP contribution in [0.2, 0.25) is 5.15 Å². The summed E-state index contributed by atoms with van der Waals surface area (Å²) in [4.78, 5) is 7.80. The van der Waals surface area contributed by atoms with Crippen LogP contribution in [0.15, 0.2) is 0 Å². The number of alkyl halides is 3. The Kier molecular flexibility index (Phi) is 4.19. The van der Waals surface area contributed by atoms with Crippen molar-refractivity contribution in [3.63, 3.8) is 0 Å². The minimum atomic E-state index is -4.43. The second-order valence-electron chi connectivity index (χ2n) is 3.52. The summed E-state index contributed by atoms with van der Waals surface area (Å²) in [5.74, 6) is 0.233. The molecule has 1 unspecified atom stereocenters. The molecular formula is C10H12ClF3N2O. The zero-order valence-corrected chi connectivity index (χ0v) is 10.4. The van der Waals surface area contributed by atoms with Gasteiger partial charge in [0.15, 0.2) is 6.10 Å². The van der Waals surface area contributed by atoms with Crippen LogP contribution in [-0.2, 0) is 6.42 Å². The van der Waals surface area contributed by atoms with Crippen LogP contribution >= 0.6 is 11.6 Å². The van der Waals surface area contributed by atoms with Gasteiger partial charge in [-0.05, 0) is 13.8 Å². The van der Waals surface area contributed by atoms with Crippen LogP contribution < -0.4 is 4.74 Å². The molecule has 96 valence electrons. The quantitative estimate of drug-likeness (QED) is 0.789. The summed E-state index contributed by atoms with van der Waals surface area (Å²) in [7, 11) is 0. The van der Waals surface area contributed by atoms with Gasteiger partial charge in [0.1, 0.15) is 11.0 Å². The Hall–Kier alpha value is -1.04. The zero-order valence-electron chi connectivity index (χ0n) is 9.60. The highest BCUT2D eigenvalue weighted by atomic mass is 35.5. The molecule has 0 radical (unpaired) electrons. The summed E-state index contributed by atoms with van der Waals surface area (Å²) in [5.41, 5.74) is 0.306. The van der Waals surface area contributed by atoms with Crippen molar-refractivity contribution in [1.82, 2.24) is 9.97 Å². The molecule has 0 amide bonds. The Morgan fingerprint density at radius 1 is 1.35 bits per heavy atom. The topological polar surface area (TPSA) is 35.0 Å². The van der Waals surface area contributed by atoms with Crippen LogP contribution in [0, 0.1) is 6.92 Å². The maximum atomic E-state index is 12.3. The number of aromatic nitrogens is 2. The molecule has 17 heavy (non-hydrogen) atoms. The van der Waals surface area contributed by atoms with Gasteiger partial charge < -0.3 is 4.74 Å². The molecular weight excluding hydrogens is 257 g/mol. The molecule has 1 atom stereocenters. The van der Waals surface area contributed by atoms with Gasteiger partial charge in [0.2, 0.25) is 5.88 Å². The number of nitrogens with zero attached hydrogens (tertiary/aromatic N) is 2. The highest BCUT2D eigenvalue weighted by molar-refractivity contribution is 6.30. The average Bonchev–Trinajstić information content (AvgIpc) is 2.22. The van der Waals surface area contributed by atoms with Crippen molar-refractivity contribution in [2.75, 3.05) is 0 Å². The van der Waals surface area contributed by atoms with Crippen molar-refractivity contribution >= 4 is 11.6 Å². The first-order valence-electron chi connectivity index (χ1n) is 5.02. The van der Waals surface area contributed by atoms with E-state index < -0.39 is 12.3 Å². The minimum Gasteiger partial charge on any atom is -0.465 e. The van der Waals surface area contributed by atoms with E-state index in [1.807, 2.05) is 0 Å². The van der Waals surface area contributed by atoms with Crippen molar-refractivity contribution in [3.8, 4) is 5.88 Å². The Morgan fingerprint density at radius 2 is 1.94 bits per heavy atom. The number of rotatable bonds is 3. The first-order chi connectivity index (χ1) is 7.75. The van der Waals surface area contributed by atoms with Crippen molar-refractivity contribution in [2.45, 2.75) is 39.5 Å². The zero-order chi connectivity index (χ0) is 13.2. The van der Waals surface area contributed by atoms with E-state index in [1.54, 1.807) is 6.92 Å². The van der Waals surface area contributed by atoms with E-state index in [0.29, 0.717) is 17.8 Å². The molecule has 0 aromatic carbocycles. The van der Waals surface area contributed by atoms with Crippen LogP contribution in [-0.4, -0.2) is 22.2 Å². The standard InChI is InChI=1S/C10H12ClF3N2O/c1-4-7-15-8(11)5(2)9(16-7)17-6(3)10(12,13)14/h6H,4H2,1-3H3. The van der Waals surface area contributed by atoms with Crippen LogP contribution in [0.5, 0.6) is 5.88 Å². The normalized spacial score (nSPS) is 13.6. The second-order valence-corrected chi connectivity index (χ2v) is 3.87. The summed E-state index contributed by atoms with van der Waals surface area (Å²) in [6, 6.07) is 0. The van der Waals surface area contributed by atoms with Crippen LogP contribution in [0.3, 0.4) is 0 Å². The van der Waals surface area contributed by atoms with Crippen molar-refractivity contribution in [2.24, 2.45) is 0 Å². The molecule has 7 heteroatoms. The smallest absolute Gasteiger partial charge is 0.425 e. The maximum absolute atomic E-state index is 12.3. The Labute approximate surface area is 102 Å². The summed E-state index contributed by atoms with van der Waals surface area (Å²) >= 11 is 5.78. The molecule has 1 aromatic heterocycles. The van der Waals surface area contributed by atoms with Gasteiger partial charge in [0.05, 0.1) is 0 Å². The molecule has 0 saturated heterocycles. The Bertz CT molecular complexity index is 409. The lowest BCUT2D eigenvalue weighted by Crippen LogP contribution is -2.31. The number of halogens is 4. The summed E-state index contributed by atoms with van der Waals surface area (Å²) in [6.45, 7) is 4.21. The second kappa shape index (κ2) is 5.08. The monoisotopic (exact) mass is 268 g/mol. The van der Waals surface area contributed by atoms with Gasteiger partial charge >= 0.3 is 6.18 Å². The molecule has 0 spiro atoms. The van der Waals surface area contributed by atoms with Gasteiger partial charge in [-0.2, -0.15) is 18.2 Å². The van der Waals surface area contributed by atoms with Gasteiger partial charge in [-0.15, -0.1) is 0 Å². The molecule has 0 aliphatic rings. The Balaban J connectivity index is 3.02. The lowest BCUT2D eigenvalue weighted by Gasteiger charge is -2.18. The van der Waals surface area contributed by atoms with Gasteiger partial charge in [-0.25, -0.2) is 4.98 Å². The highest BCUT2D eigenvalue weighted by Gasteiger charge is 2.38. The van der Waals surface area contributed by atoms with Gasteiger partial charge in [-0.3, -0.25) is 0 Å². The summed E-state index contributed by atoms with van der Waals surface area (Å²) in [6.07, 6.45) is -5.90. The largest absolute Gasteiger partial charge is 0.465 e. The fourth-order valence-electron chi connectivity index (χ4n) is 1.02. The van der Waals surface area contributed by atoms with E-state index in [1.165, 1.54) is 6.92 Å². The number of ether oxygens (including phenoxy) is 1. The van der Waals surface area contributed by atoms with E-state index in [9.17, 15) is 13.2 Å². The first kappa shape index (κ1) is 14.0. The molecule has 1 rings (SSSR count). The number of hydrogen-bond acceptors (Lipinski definition) is 3. The molecule has 0 aliphatic heterocycles. The Morgan fingerprint density at radius 3 is 2.41 bits per heavy atom. The molecule has 0 N–H and O–H groups in total. The van der Waals surface area contributed by atoms with Crippen molar-refractivity contribution in [1.29, 1.82) is 0 Å². The molecule has 1 aromatic rings. The minimum absolute atomic E-state index is 0.112. The van der Waals surface area contributed by atoms with E-state index >= 15 is 0 Å². The van der Waals surface area contributed by atoms with Crippen LogP contribution in [0.25, 0.3) is 0 Å². The molecule has 0 saturated carbocycles. The lowest BCUT2D eigenvalue weighted by molar-refractivity contribution is -0.190. The highest BCUT2D eigenvalue weighted by Crippen LogP contribution is 2.28. The first-order valence-corrected chi connectivity index (χ1v) is 5.39. The van der Waals surface area contributed by atoms with Crippen LogP contribution in [0.4, 0.5) is 13.2 Å². The maximum Gasteiger partial charge on any atom is 0.425 e. The van der Waals surface area contributed by atoms with Gasteiger partial charge in [0, 0.05) is 12.0 Å². The molecule has 3 nitrogen and oxygen atoms in total. The number of aryl methyl sites for hydroxylation is 1. The van der Waals surface area contributed by atoms with E-state index in [4.69, 9.17) is 16.3 Å². The predicted octanol–water partition coefficient (Wildman–Crippen LogP) is 3.33. The third kappa shape index (κ3) is 3.46.